The number of nitrogens with one attached hydrogen (secondary N) is 2. The van der Waals surface area contributed by atoms with Crippen LogP contribution in [0.4, 0.5) is 16.6 Å². The molecule has 0 aliphatic carbocycles. The molecule has 18 heteroatoms. The predicted molar refractivity (Wildman–Crippen MR) is 302 cm³/mol. The smallest absolute Gasteiger partial charge is 0.358 e. The number of carbonyl (C=O) groups is 5. The van der Waals surface area contributed by atoms with E-state index < -0.39 is 17.5 Å². The Kier molecular flexibility index (Phi) is 14.7. The Hall–Kier alpha value is -7.70. The molecular weight excluding hydrogens is 1000 g/mol. The molecule has 1 atom stereocenters. The monoisotopic (exact) mass is 1070 g/mol. The van der Waals surface area contributed by atoms with Crippen molar-refractivity contribution in [2.24, 2.45) is 13.0 Å². The highest BCUT2D eigenvalue weighted by molar-refractivity contribution is 7.22. The third kappa shape index (κ3) is 11.1. The number of rotatable bonds is 13. The number of anilines is 3. The van der Waals surface area contributed by atoms with E-state index >= 15 is 0 Å². The Balaban J connectivity index is 0.689. The molecule has 1 unspecified atom stereocenters. The molecule has 4 aliphatic heterocycles. The van der Waals surface area contributed by atoms with Crippen molar-refractivity contribution in [3.05, 3.63) is 125 Å². The number of ether oxygens (including phenoxy) is 2. The number of pyridine rings is 1. The van der Waals surface area contributed by atoms with Crippen LogP contribution in [-0.2, 0) is 39.1 Å². The van der Waals surface area contributed by atoms with Gasteiger partial charge in [0.25, 0.3) is 5.91 Å². The minimum Gasteiger partial charge on any atom is -0.493 e. The largest absolute Gasteiger partial charge is 0.493 e. The maximum absolute atomic E-state index is 14.1. The number of hydrogen-bond acceptors (Lipinski definition) is 14. The van der Waals surface area contributed by atoms with Crippen LogP contribution in [0.2, 0.25) is 0 Å². The molecule has 0 saturated carbocycles. The first-order valence-corrected chi connectivity index (χ1v) is 28.0. The van der Waals surface area contributed by atoms with Crippen molar-refractivity contribution in [2.45, 2.75) is 84.3 Å². The zero-order valence-electron chi connectivity index (χ0n) is 45.0. The van der Waals surface area contributed by atoms with Gasteiger partial charge in [0.1, 0.15) is 17.2 Å². The molecule has 3 saturated heterocycles. The van der Waals surface area contributed by atoms with Crippen LogP contribution in [-0.4, -0.2) is 124 Å². The van der Waals surface area contributed by atoms with Gasteiger partial charge >= 0.3 is 5.97 Å². The summed E-state index contributed by atoms with van der Waals surface area (Å²) < 4.78 is 15.3. The summed E-state index contributed by atoms with van der Waals surface area (Å²) in [5, 5.41) is 11.7. The average molecular weight is 1070 g/mol. The van der Waals surface area contributed by atoms with E-state index in [0.717, 1.165) is 87.2 Å². The Bertz CT molecular complexity index is 3430. The molecule has 0 radical (unpaired) electrons. The summed E-state index contributed by atoms with van der Waals surface area (Å²) in [7, 11) is 1.89. The van der Waals surface area contributed by atoms with Gasteiger partial charge in [0.05, 0.1) is 46.2 Å². The average Bonchev–Trinajstić information content (AvgIpc) is 4.01. The zero-order chi connectivity index (χ0) is 54.2. The number of piperazine rings is 1. The second kappa shape index (κ2) is 22.0. The van der Waals surface area contributed by atoms with E-state index in [9.17, 15) is 24.0 Å². The fourth-order valence-electron chi connectivity index (χ4n) is 11.5. The van der Waals surface area contributed by atoms with Gasteiger partial charge in [0.15, 0.2) is 10.8 Å². The first-order valence-electron chi connectivity index (χ1n) is 27.2. The standard InChI is InChI=1S/C60H66N10O7S/c1-37-40(41-19-21-50(62-54(41)58(75)77-60(2,3)4)70-29-25-39-11-8-13-42(45(39)35-70)56(73)64-59-61-46-15-6-7-18-49(46)78-59)12-10-17-48(37)76-34-26-38-23-27-67(28-24-38)36-52(72)69-32-30-68(31-33-69)47-16-9-14-43-53(65-66(5)55(43)47)44-20-22-51(71)63-57(44)74/h6-19,21,38,44H,20,22-36H2,1-5H3,(H,61,64,73)(H,63,71,74). The van der Waals surface area contributed by atoms with E-state index in [4.69, 9.17) is 19.6 Å². The number of amides is 4. The minimum absolute atomic E-state index is 0.153. The normalized spacial score (nSPS) is 17.6. The second-order valence-electron chi connectivity index (χ2n) is 22.0. The summed E-state index contributed by atoms with van der Waals surface area (Å²) in [6.07, 6.45) is 4.29. The molecule has 7 aromatic rings. The van der Waals surface area contributed by atoms with Crippen molar-refractivity contribution >= 4 is 78.7 Å². The van der Waals surface area contributed by atoms with Gasteiger partial charge in [0, 0.05) is 69.3 Å². The van der Waals surface area contributed by atoms with Crippen molar-refractivity contribution in [1.29, 1.82) is 0 Å². The molecule has 4 amide bonds. The molecule has 7 heterocycles. The molecule has 4 aliphatic rings. The Morgan fingerprint density at radius 2 is 1.59 bits per heavy atom. The summed E-state index contributed by atoms with van der Waals surface area (Å²) in [6.45, 7) is 13.9. The number of para-hydroxylation sites is 2. The molecule has 3 aromatic heterocycles. The number of hydrogen-bond donors (Lipinski definition) is 2. The highest BCUT2D eigenvalue weighted by Crippen LogP contribution is 2.38. The second-order valence-corrected chi connectivity index (χ2v) is 23.0. The van der Waals surface area contributed by atoms with E-state index in [1.165, 1.54) is 11.3 Å². The van der Waals surface area contributed by atoms with Crippen LogP contribution < -0.4 is 25.2 Å². The quantitative estimate of drug-likeness (QED) is 0.0827. The van der Waals surface area contributed by atoms with Crippen LogP contribution in [0.25, 0.3) is 32.2 Å². The lowest BCUT2D eigenvalue weighted by molar-refractivity contribution is -0.135. The number of thiazole rings is 1. The van der Waals surface area contributed by atoms with Gasteiger partial charge in [-0.2, -0.15) is 5.10 Å². The van der Waals surface area contributed by atoms with E-state index in [2.05, 4.69) is 42.5 Å². The summed E-state index contributed by atoms with van der Waals surface area (Å²) >= 11 is 1.44. The summed E-state index contributed by atoms with van der Waals surface area (Å²) in [6, 6.07) is 29.5. The molecule has 404 valence electrons. The van der Waals surface area contributed by atoms with Gasteiger partial charge in [-0.3, -0.25) is 39.4 Å². The highest BCUT2D eigenvalue weighted by atomic mass is 32.1. The predicted octanol–water partition coefficient (Wildman–Crippen LogP) is 8.67. The molecular formula is C60H66N10O7S. The number of aromatic nitrogens is 4. The number of likely N-dealkylation sites (tertiary alicyclic amines) is 1. The van der Waals surface area contributed by atoms with Gasteiger partial charge in [0.2, 0.25) is 17.7 Å². The van der Waals surface area contributed by atoms with Crippen molar-refractivity contribution < 1.29 is 33.4 Å². The lowest BCUT2D eigenvalue weighted by atomic mass is 9.92. The van der Waals surface area contributed by atoms with Crippen LogP contribution in [0.15, 0.2) is 91.0 Å². The van der Waals surface area contributed by atoms with Gasteiger partial charge in [-0.1, -0.05) is 59.9 Å². The molecule has 0 bridgehead atoms. The van der Waals surface area contributed by atoms with Crippen molar-refractivity contribution in [3.8, 4) is 16.9 Å². The lowest BCUT2D eigenvalue weighted by Crippen LogP contribution is -2.52. The number of benzene rings is 4. The third-order valence-electron chi connectivity index (χ3n) is 15.7. The molecule has 17 nitrogen and oxygen atoms in total. The summed E-state index contributed by atoms with van der Waals surface area (Å²) in [5.74, 6) is 0.236. The molecule has 2 N–H and O–H groups in total. The summed E-state index contributed by atoms with van der Waals surface area (Å²) in [4.78, 5) is 84.5. The molecule has 78 heavy (non-hydrogen) atoms. The number of imide groups is 1. The van der Waals surface area contributed by atoms with Crippen LogP contribution >= 0.6 is 11.3 Å². The molecule has 4 aromatic carbocycles. The lowest BCUT2D eigenvalue weighted by Gasteiger charge is -2.38. The summed E-state index contributed by atoms with van der Waals surface area (Å²) in [5.41, 5.74) is 7.95. The molecule has 0 spiro atoms. The number of nitrogens with zero attached hydrogens (tertiary/aromatic N) is 8. The van der Waals surface area contributed by atoms with Crippen molar-refractivity contribution in [3.63, 3.8) is 0 Å². The number of piperidine rings is 2. The van der Waals surface area contributed by atoms with E-state index in [1.54, 1.807) is 0 Å². The fraction of sp³-hybridized carbons (Fsp3) is 0.400. The SMILES string of the molecule is Cc1c(OCCC2CCN(CC(=O)N3CCN(c4cccc5c(C6CCC(=O)NC6=O)nn(C)c45)CC3)CC2)cccc1-c1ccc(N2CCc3cccc(C(=O)Nc4nc5ccccc5s4)c3C2)nc1C(=O)OC(C)(C)C. The topological polar surface area (TPSA) is 184 Å². The number of esters is 1. The van der Waals surface area contributed by atoms with Gasteiger partial charge < -0.3 is 24.2 Å². The van der Waals surface area contributed by atoms with Gasteiger partial charge in [-0.15, -0.1) is 0 Å². The van der Waals surface area contributed by atoms with E-state index in [-0.39, 0.29) is 29.3 Å². The first kappa shape index (κ1) is 52.4. The third-order valence-corrected chi connectivity index (χ3v) is 16.6. The van der Waals surface area contributed by atoms with Crippen molar-refractivity contribution in [2.75, 3.05) is 74.1 Å². The highest BCUT2D eigenvalue weighted by Gasteiger charge is 2.34. The molecule has 3 fully saturated rings. The Labute approximate surface area is 457 Å². The van der Waals surface area contributed by atoms with E-state index in [1.807, 2.05) is 123 Å². The van der Waals surface area contributed by atoms with Gasteiger partial charge in [-0.25, -0.2) is 14.8 Å². The van der Waals surface area contributed by atoms with Crippen LogP contribution in [0.5, 0.6) is 5.75 Å². The number of aryl methyl sites for hydroxylation is 1. The first-order chi connectivity index (χ1) is 37.6. The van der Waals surface area contributed by atoms with Crippen molar-refractivity contribution in [1.82, 2.24) is 34.9 Å². The Morgan fingerprint density at radius 3 is 2.37 bits per heavy atom. The van der Waals surface area contributed by atoms with E-state index in [0.29, 0.717) is 105 Å². The Morgan fingerprint density at radius 1 is 0.808 bits per heavy atom. The minimum atomic E-state index is -0.752. The van der Waals surface area contributed by atoms with Gasteiger partial charge in [-0.05, 0) is 144 Å². The maximum Gasteiger partial charge on any atom is 0.358 e. The number of fused-ring (bicyclic) bond motifs is 3. The molecule has 11 rings (SSSR count). The van der Waals surface area contributed by atoms with Crippen LogP contribution in [0.1, 0.15) is 102 Å². The zero-order valence-corrected chi connectivity index (χ0v) is 45.8. The number of carbonyl (C=O) groups excluding carboxylic acids is 5. The maximum atomic E-state index is 14.1. The van der Waals surface area contributed by atoms with Crippen LogP contribution in [0, 0.1) is 12.8 Å². The van der Waals surface area contributed by atoms with Crippen LogP contribution in [0.3, 0.4) is 0 Å². The fourth-order valence-corrected chi connectivity index (χ4v) is 12.4.